The second kappa shape index (κ2) is 12.3. The number of hydrogen-bond donors (Lipinski definition) is 0. The maximum absolute atomic E-state index is 5.72. The van der Waals surface area contributed by atoms with Gasteiger partial charge in [0.25, 0.3) is 0 Å². The first kappa shape index (κ1) is 18.3. The molecule has 0 saturated heterocycles. The van der Waals surface area contributed by atoms with Gasteiger partial charge >= 0.3 is 8.56 Å². The summed E-state index contributed by atoms with van der Waals surface area (Å²) in [6.45, 7) is 8.58. The molecule has 0 heterocycles. The average Bonchev–Trinajstić information content (AvgIpc) is 2.38. The Hall–Kier alpha value is -0.703. The molecule has 0 spiro atoms. The third-order valence-corrected chi connectivity index (χ3v) is 4.25. The zero-order chi connectivity index (χ0) is 14.4. The van der Waals surface area contributed by atoms with Gasteiger partial charge in [0, 0.05) is 13.1 Å². The lowest BCUT2D eigenvalue weighted by Gasteiger charge is -2.19. The monoisotopic (exact) mass is 284 g/mol. The van der Waals surface area contributed by atoms with E-state index >= 15 is 0 Å². The molecule has 112 valence electrons. The van der Waals surface area contributed by atoms with E-state index in [1.165, 1.54) is 38.5 Å². The highest BCUT2D eigenvalue weighted by atomic mass is 28.4. The molecule has 2 nitrogen and oxygen atoms in total. The Bertz CT molecular complexity index is 223. The van der Waals surface area contributed by atoms with Crippen molar-refractivity contribution in [2.75, 3.05) is 0 Å². The van der Waals surface area contributed by atoms with Gasteiger partial charge in [-0.1, -0.05) is 51.7 Å². The Balaban J connectivity index is 3.66. The van der Waals surface area contributed by atoms with Crippen LogP contribution in [0.25, 0.3) is 0 Å². The first-order chi connectivity index (χ1) is 9.12. The van der Waals surface area contributed by atoms with Gasteiger partial charge in [-0.05, 0) is 25.7 Å². The molecule has 0 N–H and O–H groups in total. The van der Waals surface area contributed by atoms with Crippen LogP contribution < -0.4 is 0 Å². The van der Waals surface area contributed by atoms with Gasteiger partial charge in [0.1, 0.15) is 0 Å². The highest BCUT2D eigenvalue weighted by Crippen LogP contribution is 2.09. The summed E-state index contributed by atoms with van der Waals surface area (Å²) >= 11 is 0. The van der Waals surface area contributed by atoms with Gasteiger partial charge in [0.05, 0.1) is 12.5 Å². The summed E-state index contributed by atoms with van der Waals surface area (Å²) in [5.41, 5.74) is 0. The van der Waals surface area contributed by atoms with Crippen LogP contribution in [-0.2, 0) is 8.85 Å². The molecular formula is C16H32O2Si. The van der Waals surface area contributed by atoms with E-state index in [0.29, 0.717) is 0 Å². The van der Waals surface area contributed by atoms with Crippen molar-refractivity contribution in [3.63, 3.8) is 0 Å². The van der Waals surface area contributed by atoms with E-state index in [1.807, 2.05) is 12.5 Å². The topological polar surface area (TPSA) is 18.5 Å². The minimum Gasteiger partial charge on any atom is -0.519 e. The number of allylic oxidation sites excluding steroid dienone is 2. The molecule has 0 aromatic rings. The number of hydrogen-bond acceptors (Lipinski definition) is 2. The first-order valence-electron chi connectivity index (χ1n) is 7.78. The summed E-state index contributed by atoms with van der Waals surface area (Å²) in [6.07, 6.45) is 17.7. The lowest BCUT2D eigenvalue weighted by atomic mass is 10.2. The second-order valence-corrected chi connectivity index (χ2v) is 8.64. The van der Waals surface area contributed by atoms with E-state index in [0.717, 1.165) is 12.8 Å². The van der Waals surface area contributed by atoms with Crippen LogP contribution in [0.2, 0.25) is 13.1 Å². The summed E-state index contributed by atoms with van der Waals surface area (Å²) in [5.74, 6) is 0. The Morgan fingerprint density at radius 3 is 1.53 bits per heavy atom. The van der Waals surface area contributed by atoms with E-state index in [9.17, 15) is 0 Å². The molecule has 0 rings (SSSR count). The Morgan fingerprint density at radius 1 is 0.737 bits per heavy atom. The molecule has 0 atom stereocenters. The van der Waals surface area contributed by atoms with Gasteiger partial charge in [-0.3, -0.25) is 0 Å². The van der Waals surface area contributed by atoms with Crippen LogP contribution in [0.4, 0.5) is 0 Å². The van der Waals surface area contributed by atoms with Gasteiger partial charge in [0.2, 0.25) is 0 Å². The van der Waals surface area contributed by atoms with Crippen LogP contribution in [0.3, 0.4) is 0 Å². The fraction of sp³-hybridized carbons (Fsp3) is 0.750. The summed E-state index contributed by atoms with van der Waals surface area (Å²) in [4.78, 5) is 0. The fourth-order valence-corrected chi connectivity index (χ4v) is 2.52. The molecule has 0 aliphatic heterocycles. The van der Waals surface area contributed by atoms with Crippen molar-refractivity contribution in [1.29, 1.82) is 0 Å². The van der Waals surface area contributed by atoms with Crippen LogP contribution in [0.1, 0.15) is 65.2 Å². The lowest BCUT2D eigenvalue weighted by molar-refractivity contribution is 0.318. The van der Waals surface area contributed by atoms with Crippen LogP contribution in [-0.4, -0.2) is 8.56 Å². The minimum absolute atomic E-state index is 1.10. The smallest absolute Gasteiger partial charge is 0.453 e. The molecule has 19 heavy (non-hydrogen) atoms. The van der Waals surface area contributed by atoms with E-state index in [2.05, 4.69) is 39.1 Å². The van der Waals surface area contributed by atoms with Gasteiger partial charge in [-0.2, -0.15) is 0 Å². The Kier molecular flexibility index (Phi) is 11.9. The van der Waals surface area contributed by atoms with Crippen LogP contribution >= 0.6 is 0 Å². The maximum Gasteiger partial charge on any atom is 0.453 e. The first-order valence-corrected chi connectivity index (χ1v) is 10.6. The predicted octanol–water partition coefficient (Wildman–Crippen LogP) is 5.91. The van der Waals surface area contributed by atoms with Gasteiger partial charge in [0.15, 0.2) is 0 Å². The van der Waals surface area contributed by atoms with E-state index in [4.69, 9.17) is 8.85 Å². The summed E-state index contributed by atoms with van der Waals surface area (Å²) < 4.78 is 11.4. The van der Waals surface area contributed by atoms with Crippen molar-refractivity contribution in [1.82, 2.24) is 0 Å². The lowest BCUT2D eigenvalue weighted by Crippen LogP contribution is -2.30. The molecule has 0 aromatic carbocycles. The molecule has 0 unspecified atom stereocenters. The van der Waals surface area contributed by atoms with Crippen molar-refractivity contribution < 1.29 is 8.85 Å². The fourth-order valence-electron chi connectivity index (χ4n) is 1.61. The minimum atomic E-state index is -2.01. The zero-order valence-electron chi connectivity index (χ0n) is 13.3. The second-order valence-electron chi connectivity index (χ2n) is 5.37. The van der Waals surface area contributed by atoms with Crippen molar-refractivity contribution >= 4 is 8.56 Å². The Morgan fingerprint density at radius 2 is 1.16 bits per heavy atom. The zero-order valence-corrected chi connectivity index (χ0v) is 14.3. The van der Waals surface area contributed by atoms with Crippen molar-refractivity contribution in [2.45, 2.75) is 78.3 Å². The molecule has 0 radical (unpaired) electrons. The van der Waals surface area contributed by atoms with Crippen molar-refractivity contribution in [3.05, 3.63) is 24.7 Å². The summed E-state index contributed by atoms with van der Waals surface area (Å²) in [5, 5.41) is 0. The highest BCUT2D eigenvalue weighted by molar-refractivity contribution is 6.64. The van der Waals surface area contributed by atoms with E-state index < -0.39 is 8.56 Å². The number of unbranched alkanes of at least 4 members (excludes halogenated alkanes) is 6. The molecule has 0 aromatic heterocycles. The molecule has 0 bridgehead atoms. The highest BCUT2D eigenvalue weighted by Gasteiger charge is 2.25. The van der Waals surface area contributed by atoms with Crippen LogP contribution in [0, 0.1) is 0 Å². The number of rotatable bonds is 12. The van der Waals surface area contributed by atoms with E-state index in [-0.39, 0.29) is 0 Å². The van der Waals surface area contributed by atoms with Gasteiger partial charge < -0.3 is 8.85 Å². The molecule has 0 fully saturated rings. The standard InChI is InChI=1S/C16H32O2Si/c1-5-7-9-11-13-15-17-19(3,4)18-16-14-12-10-8-6-2/h13-16H,5-12H2,1-4H3/b15-13-,16-14+. The molecule has 0 saturated carbocycles. The predicted molar refractivity (Wildman–Crippen MR) is 86.2 cm³/mol. The van der Waals surface area contributed by atoms with Crippen LogP contribution in [0.15, 0.2) is 24.7 Å². The molecule has 0 aliphatic carbocycles. The largest absolute Gasteiger partial charge is 0.519 e. The third-order valence-electron chi connectivity index (χ3n) is 2.84. The van der Waals surface area contributed by atoms with Gasteiger partial charge in [-0.25, -0.2) is 0 Å². The third kappa shape index (κ3) is 13.5. The summed E-state index contributed by atoms with van der Waals surface area (Å²) in [7, 11) is -2.01. The molecular weight excluding hydrogens is 252 g/mol. The average molecular weight is 285 g/mol. The van der Waals surface area contributed by atoms with Gasteiger partial charge in [-0.15, -0.1) is 0 Å². The maximum atomic E-state index is 5.72. The van der Waals surface area contributed by atoms with Crippen molar-refractivity contribution in [2.24, 2.45) is 0 Å². The van der Waals surface area contributed by atoms with E-state index in [1.54, 1.807) is 0 Å². The Labute approximate surface area is 121 Å². The quantitative estimate of drug-likeness (QED) is 0.252. The van der Waals surface area contributed by atoms with Crippen LogP contribution in [0.5, 0.6) is 0 Å². The summed E-state index contributed by atoms with van der Waals surface area (Å²) in [6, 6.07) is 0. The SMILES string of the molecule is CCCCC/C=C\O[Si](C)(C)O/C=C/CCCCC. The van der Waals surface area contributed by atoms with Crippen molar-refractivity contribution in [3.8, 4) is 0 Å². The molecule has 0 aliphatic rings. The molecule has 3 heteroatoms. The molecule has 0 amide bonds. The normalized spacial score (nSPS) is 12.4.